The molecule has 3 aromatic rings. The Bertz CT molecular complexity index is 1090. The summed E-state index contributed by atoms with van der Waals surface area (Å²) in [5.41, 5.74) is 1.91. The predicted octanol–water partition coefficient (Wildman–Crippen LogP) is 6.46. The Hall–Kier alpha value is -3.04. The van der Waals surface area contributed by atoms with Gasteiger partial charge in [-0.15, -0.1) is 0 Å². The minimum absolute atomic E-state index is 0.113. The van der Waals surface area contributed by atoms with E-state index in [9.17, 15) is 14.9 Å². The number of ether oxygens (including phenoxy) is 1. The SMILES string of the molecule is O=C(OONc1ccc(Cl)cc1)c1cc(Oc2ccc(Cl)cc2Cl)ccc1[N+](=O)[O-]. The number of nitrogens with zero attached hydrogens (tertiary/aromatic N) is 1. The van der Waals surface area contributed by atoms with E-state index in [4.69, 9.17) is 39.5 Å². The minimum Gasteiger partial charge on any atom is -0.456 e. The molecule has 30 heavy (non-hydrogen) atoms. The van der Waals surface area contributed by atoms with E-state index in [0.717, 1.165) is 12.1 Å². The predicted molar refractivity (Wildman–Crippen MR) is 111 cm³/mol. The van der Waals surface area contributed by atoms with Crippen LogP contribution in [0.1, 0.15) is 10.4 Å². The molecule has 0 bridgehead atoms. The molecular formula is C19H11Cl3N2O6. The van der Waals surface area contributed by atoms with Crippen LogP contribution in [-0.2, 0) is 9.88 Å². The molecule has 0 aliphatic heterocycles. The first-order valence-electron chi connectivity index (χ1n) is 8.14. The monoisotopic (exact) mass is 468 g/mol. The van der Waals surface area contributed by atoms with E-state index in [0.29, 0.717) is 15.7 Å². The summed E-state index contributed by atoms with van der Waals surface area (Å²) in [7, 11) is 0. The Morgan fingerprint density at radius 1 is 0.933 bits per heavy atom. The highest BCUT2D eigenvalue weighted by Gasteiger charge is 2.24. The molecule has 154 valence electrons. The molecule has 11 heteroatoms. The van der Waals surface area contributed by atoms with E-state index < -0.39 is 16.6 Å². The smallest absolute Gasteiger partial charge is 0.382 e. The zero-order valence-corrected chi connectivity index (χ0v) is 17.1. The molecule has 8 nitrogen and oxygen atoms in total. The number of hydrogen-bond acceptors (Lipinski definition) is 7. The molecular weight excluding hydrogens is 459 g/mol. The van der Waals surface area contributed by atoms with Crippen LogP contribution in [0.5, 0.6) is 11.5 Å². The summed E-state index contributed by atoms with van der Waals surface area (Å²) in [4.78, 5) is 32.1. The molecule has 0 amide bonds. The summed E-state index contributed by atoms with van der Waals surface area (Å²) >= 11 is 17.7. The molecule has 0 aliphatic rings. The van der Waals surface area contributed by atoms with Gasteiger partial charge in [-0.3, -0.25) is 15.0 Å². The van der Waals surface area contributed by atoms with Crippen molar-refractivity contribution in [2.75, 3.05) is 5.48 Å². The van der Waals surface area contributed by atoms with Crippen molar-refractivity contribution in [3.05, 3.63) is 91.4 Å². The quantitative estimate of drug-likeness (QED) is 0.241. The van der Waals surface area contributed by atoms with Crippen molar-refractivity contribution in [2.45, 2.75) is 0 Å². The maximum Gasteiger partial charge on any atom is 0.382 e. The molecule has 0 saturated heterocycles. The van der Waals surface area contributed by atoms with Crippen LogP contribution in [0.3, 0.4) is 0 Å². The summed E-state index contributed by atoms with van der Waals surface area (Å²) in [5.74, 6) is -0.756. The molecule has 0 heterocycles. The van der Waals surface area contributed by atoms with Gasteiger partial charge in [-0.2, -0.15) is 0 Å². The van der Waals surface area contributed by atoms with E-state index in [-0.39, 0.29) is 22.1 Å². The fourth-order valence-electron chi connectivity index (χ4n) is 2.26. The molecule has 0 saturated carbocycles. The summed E-state index contributed by atoms with van der Waals surface area (Å²) in [6.07, 6.45) is 0. The van der Waals surface area contributed by atoms with E-state index >= 15 is 0 Å². The van der Waals surface area contributed by atoms with Crippen LogP contribution in [0.2, 0.25) is 15.1 Å². The van der Waals surface area contributed by atoms with Crippen LogP contribution in [0.15, 0.2) is 60.7 Å². The van der Waals surface area contributed by atoms with Crippen LogP contribution >= 0.6 is 34.8 Å². The Kier molecular flexibility index (Phi) is 6.96. The average molecular weight is 470 g/mol. The molecule has 0 unspecified atom stereocenters. The minimum atomic E-state index is -1.11. The lowest BCUT2D eigenvalue weighted by Crippen LogP contribution is -2.12. The first-order valence-corrected chi connectivity index (χ1v) is 9.27. The topological polar surface area (TPSA) is 99.9 Å². The first kappa shape index (κ1) is 21.7. The third-order valence-electron chi connectivity index (χ3n) is 3.63. The van der Waals surface area contributed by atoms with Gasteiger partial charge in [0, 0.05) is 22.2 Å². The summed E-state index contributed by atoms with van der Waals surface area (Å²) < 4.78 is 5.58. The molecule has 0 fully saturated rings. The number of benzene rings is 3. The number of anilines is 1. The maximum atomic E-state index is 12.3. The largest absolute Gasteiger partial charge is 0.456 e. The number of nitro benzene ring substituents is 1. The highest BCUT2D eigenvalue weighted by molar-refractivity contribution is 6.35. The van der Waals surface area contributed by atoms with Gasteiger partial charge in [-0.25, -0.2) is 10.3 Å². The maximum absolute atomic E-state index is 12.3. The van der Waals surface area contributed by atoms with Gasteiger partial charge in [0.15, 0.2) is 0 Å². The Balaban J connectivity index is 1.75. The average Bonchev–Trinajstić information content (AvgIpc) is 2.71. The molecule has 0 spiro atoms. The number of halogens is 3. The third-order valence-corrected chi connectivity index (χ3v) is 4.41. The van der Waals surface area contributed by atoms with Crippen LogP contribution in [0.25, 0.3) is 0 Å². The van der Waals surface area contributed by atoms with E-state index in [1.54, 1.807) is 30.3 Å². The molecule has 0 aliphatic carbocycles. The van der Waals surface area contributed by atoms with Crippen LogP contribution in [-0.4, -0.2) is 10.9 Å². The summed E-state index contributed by atoms with van der Waals surface area (Å²) in [6.45, 7) is 0. The molecule has 3 rings (SSSR count). The second kappa shape index (κ2) is 9.64. The van der Waals surface area contributed by atoms with Gasteiger partial charge in [0.05, 0.1) is 15.6 Å². The van der Waals surface area contributed by atoms with Gasteiger partial charge >= 0.3 is 5.97 Å². The third kappa shape index (κ3) is 5.52. The number of carbonyl (C=O) groups is 1. The van der Waals surface area contributed by atoms with Gasteiger partial charge in [-0.1, -0.05) is 39.8 Å². The fourth-order valence-corrected chi connectivity index (χ4v) is 2.83. The van der Waals surface area contributed by atoms with Crippen LogP contribution in [0, 0.1) is 10.1 Å². The molecule has 3 aromatic carbocycles. The van der Waals surface area contributed by atoms with Crippen LogP contribution < -0.4 is 10.2 Å². The van der Waals surface area contributed by atoms with E-state index in [2.05, 4.69) is 15.4 Å². The summed E-state index contributed by atoms with van der Waals surface area (Å²) in [6, 6.07) is 14.4. The molecule has 0 atom stereocenters. The number of nitro groups is 1. The number of rotatable bonds is 7. The normalized spacial score (nSPS) is 10.4. The number of hydrogen-bond donors (Lipinski definition) is 1. The second-order valence-corrected chi connectivity index (χ2v) is 6.96. The Morgan fingerprint density at radius 3 is 2.30 bits per heavy atom. The van der Waals surface area contributed by atoms with Gasteiger partial charge in [-0.05, 0) is 48.5 Å². The van der Waals surface area contributed by atoms with Crippen molar-refractivity contribution in [1.29, 1.82) is 0 Å². The van der Waals surface area contributed by atoms with Gasteiger partial charge in [0.2, 0.25) is 0 Å². The lowest BCUT2D eigenvalue weighted by atomic mass is 10.1. The van der Waals surface area contributed by atoms with Gasteiger partial charge in [0.25, 0.3) is 5.69 Å². The van der Waals surface area contributed by atoms with Crippen molar-refractivity contribution in [2.24, 2.45) is 0 Å². The van der Waals surface area contributed by atoms with Crippen molar-refractivity contribution in [3.63, 3.8) is 0 Å². The zero-order chi connectivity index (χ0) is 21.7. The molecule has 0 radical (unpaired) electrons. The van der Waals surface area contributed by atoms with Crippen molar-refractivity contribution in [3.8, 4) is 11.5 Å². The number of nitrogens with one attached hydrogen (secondary N) is 1. The second-order valence-electron chi connectivity index (χ2n) is 5.68. The van der Waals surface area contributed by atoms with E-state index in [1.165, 1.54) is 18.2 Å². The standard InChI is InChI=1S/C19H11Cl3N2O6/c20-11-1-4-13(5-2-11)23-30-29-19(25)15-10-14(6-7-17(15)24(26)27)28-18-8-3-12(21)9-16(18)22/h1-10,23H. The molecule has 1 N–H and O–H groups in total. The van der Waals surface area contributed by atoms with E-state index in [1.807, 2.05) is 0 Å². The summed E-state index contributed by atoms with van der Waals surface area (Å²) in [5, 5.41) is 12.4. The van der Waals surface area contributed by atoms with Gasteiger partial charge < -0.3 is 4.74 Å². The van der Waals surface area contributed by atoms with Crippen molar-refractivity contribution >= 4 is 52.1 Å². The van der Waals surface area contributed by atoms with Crippen molar-refractivity contribution in [1.82, 2.24) is 0 Å². The first-order chi connectivity index (χ1) is 14.3. The van der Waals surface area contributed by atoms with Crippen molar-refractivity contribution < 1.29 is 24.3 Å². The Labute approximate surface area is 184 Å². The Morgan fingerprint density at radius 2 is 1.63 bits per heavy atom. The fraction of sp³-hybridized carbons (Fsp3) is 0. The number of carbonyl (C=O) groups excluding carboxylic acids is 1. The molecule has 0 aromatic heterocycles. The highest BCUT2D eigenvalue weighted by Crippen LogP contribution is 2.33. The highest BCUT2D eigenvalue weighted by atomic mass is 35.5. The lowest BCUT2D eigenvalue weighted by Gasteiger charge is -2.10. The lowest BCUT2D eigenvalue weighted by molar-refractivity contribution is -0.385. The zero-order valence-electron chi connectivity index (χ0n) is 14.8. The van der Waals surface area contributed by atoms with Gasteiger partial charge in [0.1, 0.15) is 17.1 Å². The van der Waals surface area contributed by atoms with Crippen LogP contribution in [0.4, 0.5) is 11.4 Å².